The minimum atomic E-state index is -2.56. The van der Waals surface area contributed by atoms with E-state index in [1.165, 1.54) is 0 Å². The third-order valence-corrected chi connectivity index (χ3v) is 24.8. The molecule has 2 saturated carbocycles. The normalized spacial score (nSPS) is 21.2. The summed E-state index contributed by atoms with van der Waals surface area (Å²) >= 11 is 0. The van der Waals surface area contributed by atoms with Crippen LogP contribution in [0.2, 0.25) is 24.2 Å². The molecule has 460 valence electrons. The van der Waals surface area contributed by atoms with Gasteiger partial charge in [0.05, 0.1) is 50.8 Å². The molecule has 0 spiro atoms. The van der Waals surface area contributed by atoms with Crippen molar-refractivity contribution >= 4 is 35.2 Å². The fourth-order valence-electron chi connectivity index (χ4n) is 9.06. The highest BCUT2D eigenvalue weighted by Crippen LogP contribution is 2.33. The molecule has 2 aliphatic rings. The number of hydrogen-bond acceptors (Lipinski definition) is 22. The zero-order valence-electron chi connectivity index (χ0n) is 50.1. The van der Waals surface area contributed by atoms with E-state index < -0.39 is 47.4 Å². The Labute approximate surface area is 464 Å². The SMILES string of the molecule is CCO[Si](CCC1CCC(OC)C(O)C1)(OCC)OCC.CCO[Si](CCCOCC(O)COC)(OCC)OCC.COC1CCC(CC[Si](OC)(OC)OC)CC1O.COCC(O)COCCC[Si](OC)(OC)OC. The summed E-state index contributed by atoms with van der Waals surface area (Å²) in [5, 5.41) is 38.8. The molecule has 26 heteroatoms. The maximum Gasteiger partial charge on any atom is 0.501 e. The Kier molecular flexibility index (Phi) is 49.8. The van der Waals surface area contributed by atoms with Gasteiger partial charge in [-0.15, -0.1) is 0 Å². The second kappa shape index (κ2) is 48.5. The van der Waals surface area contributed by atoms with Gasteiger partial charge in [0.1, 0.15) is 12.2 Å². The topological polar surface area (TPSA) is 247 Å². The van der Waals surface area contributed by atoms with Crippen molar-refractivity contribution in [3.05, 3.63) is 0 Å². The molecule has 2 aliphatic carbocycles. The summed E-state index contributed by atoms with van der Waals surface area (Å²) in [5.41, 5.74) is 0. The Balaban J connectivity index is 0. The van der Waals surface area contributed by atoms with Crippen LogP contribution in [0.15, 0.2) is 0 Å². The number of hydrogen-bond donors (Lipinski definition) is 4. The van der Waals surface area contributed by atoms with Crippen molar-refractivity contribution in [2.75, 3.05) is 150 Å². The van der Waals surface area contributed by atoms with Gasteiger partial charge in [-0.25, -0.2) is 0 Å². The lowest BCUT2D eigenvalue weighted by molar-refractivity contribution is -0.0507. The van der Waals surface area contributed by atoms with E-state index in [-0.39, 0.29) is 50.8 Å². The van der Waals surface area contributed by atoms with E-state index in [9.17, 15) is 20.4 Å². The van der Waals surface area contributed by atoms with Crippen LogP contribution in [0.25, 0.3) is 0 Å². The van der Waals surface area contributed by atoms with Crippen molar-refractivity contribution in [3.8, 4) is 0 Å². The van der Waals surface area contributed by atoms with Crippen LogP contribution in [-0.2, 0) is 81.5 Å². The zero-order valence-corrected chi connectivity index (χ0v) is 54.1. The highest BCUT2D eigenvalue weighted by molar-refractivity contribution is 6.61. The van der Waals surface area contributed by atoms with Crippen LogP contribution in [0.5, 0.6) is 0 Å². The van der Waals surface area contributed by atoms with Gasteiger partial charge in [-0.05, 0) is 118 Å². The predicted octanol–water partition coefficient (Wildman–Crippen LogP) is 5.76. The Morgan fingerprint density at radius 1 is 0.395 bits per heavy atom. The largest absolute Gasteiger partial charge is 0.501 e. The molecule has 22 nitrogen and oxygen atoms in total. The Bertz CT molecular complexity index is 1220. The molecule has 0 aliphatic heterocycles. The first-order chi connectivity index (χ1) is 36.5. The van der Waals surface area contributed by atoms with Crippen molar-refractivity contribution in [1.82, 2.24) is 0 Å². The number of ether oxygens (including phenoxy) is 6. The van der Waals surface area contributed by atoms with Crippen LogP contribution >= 0.6 is 0 Å². The van der Waals surface area contributed by atoms with E-state index in [0.29, 0.717) is 70.7 Å². The highest BCUT2D eigenvalue weighted by atomic mass is 28.4. The third-order valence-electron chi connectivity index (χ3n) is 13.0. The van der Waals surface area contributed by atoms with Crippen LogP contribution in [-0.4, -0.2) is 243 Å². The van der Waals surface area contributed by atoms with Crippen molar-refractivity contribution < 1.29 is 102 Å². The van der Waals surface area contributed by atoms with Crippen molar-refractivity contribution in [2.24, 2.45) is 11.8 Å². The van der Waals surface area contributed by atoms with E-state index >= 15 is 0 Å². The minimum absolute atomic E-state index is 0.00414. The Morgan fingerprint density at radius 3 is 0.961 bits per heavy atom. The van der Waals surface area contributed by atoms with E-state index in [1.54, 1.807) is 71.1 Å². The van der Waals surface area contributed by atoms with Crippen molar-refractivity contribution in [1.29, 1.82) is 0 Å². The fraction of sp³-hybridized carbons (Fsp3) is 1.00. The molecular formula is C50H112O22Si4. The van der Waals surface area contributed by atoms with Crippen LogP contribution < -0.4 is 0 Å². The first-order valence-electron chi connectivity index (χ1n) is 27.5. The molecule has 8 atom stereocenters. The van der Waals surface area contributed by atoms with Gasteiger partial charge < -0.3 is 102 Å². The first-order valence-corrected chi connectivity index (χ1v) is 35.3. The summed E-state index contributed by atoms with van der Waals surface area (Å²) in [4.78, 5) is 0. The van der Waals surface area contributed by atoms with Gasteiger partial charge >= 0.3 is 35.2 Å². The summed E-state index contributed by atoms with van der Waals surface area (Å²) in [5.74, 6) is 0.998. The van der Waals surface area contributed by atoms with Gasteiger partial charge in [0.25, 0.3) is 0 Å². The molecule has 76 heavy (non-hydrogen) atoms. The summed E-state index contributed by atoms with van der Waals surface area (Å²) in [7, 11) is 6.05. The van der Waals surface area contributed by atoms with Crippen LogP contribution in [0.4, 0.5) is 0 Å². The summed E-state index contributed by atoms with van der Waals surface area (Å²) in [6.07, 6.45) is 7.25. The van der Waals surface area contributed by atoms with Gasteiger partial charge in [-0.2, -0.15) is 0 Å². The summed E-state index contributed by atoms with van der Waals surface area (Å²) in [6, 6.07) is 3.04. The number of aliphatic hydroxyl groups excluding tert-OH is 4. The maximum absolute atomic E-state index is 10.1. The van der Waals surface area contributed by atoms with E-state index in [0.717, 1.165) is 82.3 Å². The Hall–Kier alpha value is -0.0125. The molecule has 0 saturated heterocycles. The molecule has 2 fully saturated rings. The zero-order chi connectivity index (χ0) is 57.7. The van der Waals surface area contributed by atoms with Gasteiger partial charge in [-0.3, -0.25) is 0 Å². The molecular weight excluding hydrogens is 1060 g/mol. The van der Waals surface area contributed by atoms with Gasteiger partial charge in [0.2, 0.25) is 0 Å². The maximum atomic E-state index is 10.1. The van der Waals surface area contributed by atoms with Gasteiger partial charge in [0.15, 0.2) is 0 Å². The fourth-order valence-corrected chi connectivity index (χ4v) is 18.0. The van der Waals surface area contributed by atoms with Crippen LogP contribution in [0.3, 0.4) is 0 Å². The quantitative estimate of drug-likeness (QED) is 0.0419. The molecule has 0 radical (unpaired) electrons. The lowest BCUT2D eigenvalue weighted by Crippen LogP contribution is -2.46. The van der Waals surface area contributed by atoms with E-state index in [4.69, 9.17) is 81.5 Å². The monoisotopic (exact) mass is 1180 g/mol. The number of rotatable bonds is 42. The number of aliphatic hydroxyl groups is 4. The average molecular weight is 1180 g/mol. The van der Waals surface area contributed by atoms with Gasteiger partial charge in [-0.1, -0.05) is 0 Å². The van der Waals surface area contributed by atoms with Gasteiger partial charge in [0, 0.05) is 148 Å². The predicted molar refractivity (Wildman–Crippen MR) is 298 cm³/mol. The second-order valence-corrected chi connectivity index (χ2v) is 29.9. The molecule has 0 heterocycles. The molecule has 0 aromatic carbocycles. The highest BCUT2D eigenvalue weighted by Gasteiger charge is 2.43. The smallest absolute Gasteiger partial charge is 0.390 e. The molecule has 4 N–H and O–H groups in total. The van der Waals surface area contributed by atoms with E-state index in [1.807, 2.05) is 41.5 Å². The lowest BCUT2D eigenvalue weighted by Gasteiger charge is -2.34. The average Bonchev–Trinajstić information content (AvgIpc) is 3.41. The molecule has 2 rings (SSSR count). The molecule has 0 bridgehead atoms. The summed E-state index contributed by atoms with van der Waals surface area (Å²) in [6.45, 7) is 17.6. The standard InChI is InChI=1S/C15H32O5Si.C13H30O6Si.C12H26O5Si.C10H24O6Si/c1-5-18-21(19-6-2,20-7-3)11-10-13-8-9-15(17-4)14(16)12-13;1-5-17-20(18-6-2,19-7-3)10-8-9-16-12-13(14)11-15-4;1-14-12-6-5-10(9-11(12)13)7-8-18(15-2,16-3)17-4;1-12-8-10(11)9-16-6-5-7-17(13-2,14-3)15-4/h13-16H,5-12H2,1-4H3;13-14H,5-12H2,1-4H3;10-13H,5-9H2,1-4H3;10-11H,5-9H2,1-4H3. The second-order valence-electron chi connectivity index (χ2n) is 18.2. The van der Waals surface area contributed by atoms with Crippen molar-refractivity contribution in [3.63, 3.8) is 0 Å². The van der Waals surface area contributed by atoms with E-state index in [2.05, 4.69) is 0 Å². The first kappa shape index (κ1) is 78.1. The molecule has 8 unspecified atom stereocenters. The van der Waals surface area contributed by atoms with Crippen LogP contribution in [0, 0.1) is 11.8 Å². The summed E-state index contributed by atoms with van der Waals surface area (Å²) < 4.78 is 97.8. The molecule has 0 aromatic heterocycles. The lowest BCUT2D eigenvalue weighted by atomic mass is 9.84. The molecule has 0 aromatic rings. The number of methoxy groups -OCH3 is 4. The molecule has 0 amide bonds. The van der Waals surface area contributed by atoms with Crippen LogP contribution in [0.1, 0.15) is 106 Å². The van der Waals surface area contributed by atoms with Crippen molar-refractivity contribution in [2.45, 2.75) is 167 Å². The minimum Gasteiger partial charge on any atom is -0.390 e. The Morgan fingerprint density at radius 2 is 0.684 bits per heavy atom. The third kappa shape index (κ3) is 33.8.